The molecule has 2 aromatic heterocycles. The first-order valence-corrected chi connectivity index (χ1v) is 17.6. The van der Waals surface area contributed by atoms with Gasteiger partial charge in [0.05, 0.1) is 17.2 Å². The van der Waals surface area contributed by atoms with E-state index in [1.165, 1.54) is 93.5 Å². The van der Waals surface area contributed by atoms with Gasteiger partial charge in [-0.05, 0) is 108 Å². The van der Waals surface area contributed by atoms with E-state index in [2.05, 4.69) is 179 Å². The first kappa shape index (κ1) is 28.1. The van der Waals surface area contributed by atoms with Crippen LogP contribution in [0.5, 0.6) is 0 Å². The molecule has 0 saturated carbocycles. The number of aromatic nitrogens is 2. The summed E-state index contributed by atoms with van der Waals surface area (Å²) in [6.07, 6.45) is 3.88. The average molecular weight is 647 g/mol. The zero-order valence-corrected chi connectivity index (χ0v) is 27.7. The molecule has 1 aliphatic rings. The van der Waals surface area contributed by atoms with Crippen molar-refractivity contribution in [1.29, 1.82) is 0 Å². The van der Waals surface area contributed by atoms with Gasteiger partial charge in [-0.1, -0.05) is 140 Å². The van der Waals surface area contributed by atoms with Gasteiger partial charge in [-0.3, -0.25) is 4.98 Å². The van der Waals surface area contributed by atoms with Gasteiger partial charge >= 0.3 is 0 Å². The van der Waals surface area contributed by atoms with Gasteiger partial charge in [0.2, 0.25) is 0 Å². The molecule has 0 unspecified atom stereocenters. The van der Waals surface area contributed by atoms with Gasteiger partial charge in [0.1, 0.15) is 0 Å². The van der Waals surface area contributed by atoms with E-state index in [-0.39, 0.29) is 0 Å². The predicted molar refractivity (Wildman–Crippen MR) is 214 cm³/mol. The number of rotatable bonds is 4. The zero-order chi connectivity index (χ0) is 33.5. The lowest BCUT2D eigenvalue weighted by atomic mass is 9.82. The van der Waals surface area contributed by atoms with E-state index < -0.39 is 0 Å². The number of nitrogens with zero attached hydrogens (tertiary/aromatic N) is 2. The third-order valence-electron chi connectivity index (χ3n) is 10.8. The minimum Gasteiger partial charge on any atom is -0.308 e. The number of pyridine rings is 1. The molecule has 2 heteroatoms. The second kappa shape index (κ2) is 10.9. The second-order valence-corrected chi connectivity index (χ2v) is 13.5. The Morgan fingerprint density at radius 2 is 0.941 bits per heavy atom. The lowest BCUT2D eigenvalue weighted by molar-refractivity contribution is 1.17. The summed E-state index contributed by atoms with van der Waals surface area (Å²) in [4.78, 5) is 4.52. The quantitative estimate of drug-likeness (QED) is 0.186. The Kier molecular flexibility index (Phi) is 5.99. The van der Waals surface area contributed by atoms with Crippen molar-refractivity contribution in [2.45, 2.75) is 0 Å². The van der Waals surface area contributed by atoms with Gasteiger partial charge in [0.15, 0.2) is 0 Å². The summed E-state index contributed by atoms with van der Waals surface area (Å²) in [6.45, 7) is 0. The Morgan fingerprint density at radius 3 is 1.63 bits per heavy atom. The molecule has 51 heavy (non-hydrogen) atoms. The standard InChI is InChI=1S/C49H30N2/c1-4-13-31(14-5-1)45-38-19-10-11-20-39(38)46(32-15-6-2-7-16-32)49-41-25-24-35(37-21-12-22-40(47(37)41)48(45)49)33-23-26-43-42(29-33)36-27-28-50-30-44(36)51(43)34-17-8-3-9-18-34/h1-30H. The Bertz CT molecular complexity index is 2900. The molecule has 0 aliphatic heterocycles. The molecule has 8 aromatic carbocycles. The summed E-state index contributed by atoms with van der Waals surface area (Å²) in [5, 5.41) is 7.59. The van der Waals surface area contributed by atoms with Crippen molar-refractivity contribution in [3.8, 4) is 61.3 Å². The van der Waals surface area contributed by atoms with Crippen LogP contribution in [0.3, 0.4) is 0 Å². The highest BCUT2D eigenvalue weighted by atomic mass is 15.0. The lowest BCUT2D eigenvalue weighted by Gasteiger charge is -2.20. The van der Waals surface area contributed by atoms with Crippen molar-refractivity contribution in [3.05, 3.63) is 182 Å². The van der Waals surface area contributed by atoms with Gasteiger partial charge < -0.3 is 4.57 Å². The zero-order valence-electron chi connectivity index (χ0n) is 27.7. The Balaban J connectivity index is 1.21. The molecule has 0 amide bonds. The third kappa shape index (κ3) is 4.02. The largest absolute Gasteiger partial charge is 0.308 e. The molecule has 10 aromatic rings. The molecule has 236 valence electrons. The second-order valence-electron chi connectivity index (χ2n) is 13.5. The van der Waals surface area contributed by atoms with Crippen LogP contribution in [0.1, 0.15) is 0 Å². The van der Waals surface area contributed by atoms with Crippen molar-refractivity contribution in [1.82, 2.24) is 9.55 Å². The maximum Gasteiger partial charge on any atom is 0.0724 e. The number of hydrogen-bond acceptors (Lipinski definition) is 1. The molecule has 1 aliphatic carbocycles. The fourth-order valence-electron chi connectivity index (χ4n) is 8.75. The van der Waals surface area contributed by atoms with Crippen LogP contribution < -0.4 is 0 Å². The Labute approximate surface area is 295 Å². The lowest BCUT2D eigenvalue weighted by Crippen LogP contribution is -1.93. The maximum absolute atomic E-state index is 4.52. The molecule has 2 nitrogen and oxygen atoms in total. The fraction of sp³-hybridized carbons (Fsp3) is 0. The van der Waals surface area contributed by atoms with Crippen LogP contribution >= 0.6 is 0 Å². The minimum atomic E-state index is 1.11. The number of hydrogen-bond donors (Lipinski definition) is 0. The van der Waals surface area contributed by atoms with Gasteiger partial charge in [0, 0.05) is 22.7 Å². The highest BCUT2D eigenvalue weighted by Crippen LogP contribution is 2.58. The van der Waals surface area contributed by atoms with Crippen molar-refractivity contribution in [2.75, 3.05) is 0 Å². The Hall–Kier alpha value is -6.77. The van der Waals surface area contributed by atoms with Crippen molar-refractivity contribution >= 4 is 43.4 Å². The SMILES string of the molecule is c1ccc(-c2c3c(c(-c4ccccc4)c4ccccc24)-c2ccc(-c4ccc5c(c4)c4ccncc4n5-c4ccccc4)c4cccc-3c24)cc1. The molecule has 0 spiro atoms. The molecule has 0 bridgehead atoms. The predicted octanol–water partition coefficient (Wildman–Crippen LogP) is 13.1. The highest BCUT2D eigenvalue weighted by Gasteiger charge is 2.31. The van der Waals surface area contributed by atoms with E-state index in [9.17, 15) is 0 Å². The van der Waals surface area contributed by atoms with Crippen LogP contribution in [-0.4, -0.2) is 9.55 Å². The number of fused-ring (bicyclic) bond motifs is 7. The smallest absolute Gasteiger partial charge is 0.0724 e. The van der Waals surface area contributed by atoms with Crippen LogP contribution in [0, 0.1) is 0 Å². The average Bonchev–Trinajstić information content (AvgIpc) is 3.71. The van der Waals surface area contributed by atoms with Crippen molar-refractivity contribution in [3.63, 3.8) is 0 Å². The molecule has 0 radical (unpaired) electrons. The molecule has 0 saturated heterocycles. The maximum atomic E-state index is 4.52. The van der Waals surface area contributed by atoms with Crippen molar-refractivity contribution < 1.29 is 0 Å². The molecule has 0 atom stereocenters. The van der Waals surface area contributed by atoms with Crippen LogP contribution in [0.4, 0.5) is 0 Å². The van der Waals surface area contributed by atoms with Gasteiger partial charge in [-0.15, -0.1) is 0 Å². The van der Waals surface area contributed by atoms with Crippen molar-refractivity contribution in [2.24, 2.45) is 0 Å². The number of benzene rings is 8. The molecule has 2 heterocycles. The molecular weight excluding hydrogens is 617 g/mol. The Morgan fingerprint density at radius 1 is 0.353 bits per heavy atom. The van der Waals surface area contributed by atoms with E-state index in [0.717, 1.165) is 11.2 Å². The monoisotopic (exact) mass is 646 g/mol. The van der Waals surface area contributed by atoms with Crippen LogP contribution in [-0.2, 0) is 0 Å². The summed E-state index contributed by atoms with van der Waals surface area (Å²) in [5.41, 5.74) is 16.2. The molecule has 0 fully saturated rings. The van der Waals surface area contributed by atoms with Gasteiger partial charge in [0.25, 0.3) is 0 Å². The van der Waals surface area contributed by atoms with E-state index >= 15 is 0 Å². The van der Waals surface area contributed by atoms with Gasteiger partial charge in [-0.25, -0.2) is 0 Å². The fourth-order valence-corrected chi connectivity index (χ4v) is 8.75. The summed E-state index contributed by atoms with van der Waals surface area (Å²) in [6, 6.07) is 62.1. The van der Waals surface area contributed by atoms with E-state index in [0.29, 0.717) is 0 Å². The summed E-state index contributed by atoms with van der Waals surface area (Å²) >= 11 is 0. The van der Waals surface area contributed by atoms with E-state index in [1.807, 2.05) is 12.4 Å². The summed E-state index contributed by atoms with van der Waals surface area (Å²) in [7, 11) is 0. The van der Waals surface area contributed by atoms with E-state index in [1.54, 1.807) is 0 Å². The van der Waals surface area contributed by atoms with Gasteiger partial charge in [-0.2, -0.15) is 0 Å². The normalized spacial score (nSPS) is 11.9. The third-order valence-corrected chi connectivity index (χ3v) is 10.8. The summed E-state index contributed by atoms with van der Waals surface area (Å²) in [5.74, 6) is 0. The first-order chi connectivity index (χ1) is 25.3. The summed E-state index contributed by atoms with van der Waals surface area (Å²) < 4.78 is 2.33. The minimum absolute atomic E-state index is 1.11. The first-order valence-electron chi connectivity index (χ1n) is 17.6. The number of para-hydroxylation sites is 1. The van der Waals surface area contributed by atoms with Crippen LogP contribution in [0.15, 0.2) is 182 Å². The van der Waals surface area contributed by atoms with E-state index in [4.69, 9.17) is 0 Å². The topological polar surface area (TPSA) is 17.8 Å². The molecule has 0 N–H and O–H groups in total. The molecular formula is C49H30N2. The van der Waals surface area contributed by atoms with Crippen LogP contribution in [0.25, 0.3) is 105 Å². The highest BCUT2D eigenvalue weighted by molar-refractivity contribution is 6.29. The van der Waals surface area contributed by atoms with Crippen LogP contribution in [0.2, 0.25) is 0 Å². The molecule has 11 rings (SSSR count).